The fourth-order valence-corrected chi connectivity index (χ4v) is 3.20. The molecule has 1 N–H and O–H groups in total. The molecule has 1 aliphatic rings. The number of aryl methyl sites for hydroxylation is 1. The molecule has 5 nitrogen and oxygen atoms in total. The zero-order valence-electron chi connectivity index (χ0n) is 12.1. The highest BCUT2D eigenvalue weighted by Crippen LogP contribution is 2.35. The van der Waals surface area contributed by atoms with Crippen molar-refractivity contribution in [1.29, 1.82) is 0 Å². The number of carboxylic acids is 1. The Kier molecular flexibility index (Phi) is 4.16. The van der Waals surface area contributed by atoms with Gasteiger partial charge in [0.2, 0.25) is 0 Å². The third kappa shape index (κ3) is 2.21. The molecule has 20 heavy (non-hydrogen) atoms. The van der Waals surface area contributed by atoms with Gasteiger partial charge in [-0.15, -0.1) is 0 Å². The van der Waals surface area contributed by atoms with Crippen molar-refractivity contribution in [2.75, 3.05) is 6.54 Å². The van der Waals surface area contributed by atoms with Gasteiger partial charge in [0.25, 0.3) is 5.91 Å². The number of nitrogens with zero attached hydrogens (tertiary/aromatic N) is 2. The summed E-state index contributed by atoms with van der Waals surface area (Å²) in [5.74, 6) is -1.04. The molecule has 1 unspecified atom stereocenters. The molecule has 0 spiro atoms. The maximum Gasteiger partial charge on any atom is 0.329 e. The molecular formula is C15H22N2O3. The lowest BCUT2D eigenvalue weighted by atomic mass is 9.90. The van der Waals surface area contributed by atoms with Crippen LogP contribution in [-0.2, 0) is 11.3 Å². The molecule has 5 heteroatoms. The standard InChI is InChI=1S/C15H22N2O3/c1-3-8-15(14(19)20)9-6-11-17(15)13(18)12-7-5-10-16(12)4-2/h5,7,10H,3-4,6,8-9,11H2,1-2H3,(H,19,20). The van der Waals surface area contributed by atoms with E-state index in [1.165, 1.54) is 0 Å². The summed E-state index contributed by atoms with van der Waals surface area (Å²) in [4.78, 5) is 26.0. The molecule has 0 bridgehead atoms. The van der Waals surface area contributed by atoms with Crippen molar-refractivity contribution >= 4 is 11.9 Å². The lowest BCUT2D eigenvalue weighted by Gasteiger charge is -2.34. The Labute approximate surface area is 119 Å². The van der Waals surface area contributed by atoms with Crippen LogP contribution in [0.1, 0.15) is 50.0 Å². The van der Waals surface area contributed by atoms with Crippen molar-refractivity contribution in [3.8, 4) is 0 Å². The van der Waals surface area contributed by atoms with Gasteiger partial charge in [-0.1, -0.05) is 13.3 Å². The lowest BCUT2D eigenvalue weighted by Crippen LogP contribution is -2.53. The molecule has 0 aliphatic carbocycles. The number of amides is 1. The summed E-state index contributed by atoms with van der Waals surface area (Å²) in [5.41, 5.74) is -0.439. The zero-order chi connectivity index (χ0) is 14.8. The molecule has 1 aromatic rings. The van der Waals surface area contributed by atoms with Crippen molar-refractivity contribution in [3.63, 3.8) is 0 Å². The second-order valence-corrected chi connectivity index (χ2v) is 5.33. The molecule has 1 aromatic heterocycles. The molecule has 0 aromatic carbocycles. The van der Waals surface area contributed by atoms with E-state index in [9.17, 15) is 14.7 Å². The number of rotatable bonds is 5. The highest BCUT2D eigenvalue weighted by molar-refractivity contribution is 5.97. The molecule has 2 rings (SSSR count). The minimum atomic E-state index is -1.02. The molecule has 1 saturated heterocycles. The highest BCUT2D eigenvalue weighted by atomic mass is 16.4. The molecule has 1 atom stereocenters. The van der Waals surface area contributed by atoms with Crippen LogP contribution in [0.3, 0.4) is 0 Å². The van der Waals surface area contributed by atoms with Crippen LogP contribution in [0.5, 0.6) is 0 Å². The second kappa shape index (κ2) is 5.69. The van der Waals surface area contributed by atoms with Crippen molar-refractivity contribution in [2.24, 2.45) is 0 Å². The summed E-state index contributed by atoms with van der Waals surface area (Å²) in [6.45, 7) is 5.16. The number of aliphatic carboxylic acids is 1. The summed E-state index contributed by atoms with van der Waals surface area (Å²) < 4.78 is 1.86. The molecule has 2 heterocycles. The SMILES string of the molecule is CCCC1(C(=O)O)CCCN1C(=O)c1cccn1CC. The van der Waals surface area contributed by atoms with Crippen molar-refractivity contribution in [3.05, 3.63) is 24.0 Å². The summed E-state index contributed by atoms with van der Waals surface area (Å²) in [7, 11) is 0. The quantitative estimate of drug-likeness (QED) is 0.899. The molecule has 1 aliphatic heterocycles. The first-order chi connectivity index (χ1) is 9.56. The molecule has 0 radical (unpaired) electrons. The normalized spacial score (nSPS) is 22.2. The molecule has 0 saturated carbocycles. The van der Waals surface area contributed by atoms with E-state index in [1.54, 1.807) is 11.0 Å². The van der Waals surface area contributed by atoms with Crippen LogP contribution in [0.2, 0.25) is 0 Å². The smallest absolute Gasteiger partial charge is 0.329 e. The predicted octanol–water partition coefficient (Wildman–Crippen LogP) is 2.37. The van der Waals surface area contributed by atoms with Gasteiger partial charge in [-0.05, 0) is 38.3 Å². The maximum atomic E-state index is 12.7. The van der Waals surface area contributed by atoms with Gasteiger partial charge in [0.15, 0.2) is 0 Å². The predicted molar refractivity (Wildman–Crippen MR) is 75.7 cm³/mol. The first kappa shape index (κ1) is 14.6. The average Bonchev–Trinajstić information content (AvgIpc) is 3.05. The first-order valence-corrected chi connectivity index (χ1v) is 7.27. The zero-order valence-corrected chi connectivity index (χ0v) is 12.1. The topological polar surface area (TPSA) is 62.5 Å². The Bertz CT molecular complexity index is 509. The van der Waals surface area contributed by atoms with E-state index in [0.717, 1.165) is 12.8 Å². The van der Waals surface area contributed by atoms with Crippen LogP contribution in [0, 0.1) is 0 Å². The number of hydrogen-bond acceptors (Lipinski definition) is 2. The maximum absolute atomic E-state index is 12.7. The van der Waals surface area contributed by atoms with Crippen LogP contribution in [-0.4, -0.2) is 38.5 Å². The first-order valence-electron chi connectivity index (χ1n) is 7.27. The molecule has 110 valence electrons. The van der Waals surface area contributed by atoms with Crippen LogP contribution >= 0.6 is 0 Å². The van der Waals surface area contributed by atoms with Crippen molar-refractivity contribution in [2.45, 2.75) is 51.6 Å². The van der Waals surface area contributed by atoms with Gasteiger partial charge in [-0.2, -0.15) is 0 Å². The third-order valence-electron chi connectivity index (χ3n) is 4.18. The number of likely N-dealkylation sites (tertiary alicyclic amines) is 1. The number of carbonyl (C=O) groups excluding carboxylic acids is 1. The fourth-order valence-electron chi connectivity index (χ4n) is 3.20. The van der Waals surface area contributed by atoms with Gasteiger partial charge in [-0.3, -0.25) is 4.79 Å². The number of carbonyl (C=O) groups is 2. The summed E-state index contributed by atoms with van der Waals surface area (Å²) >= 11 is 0. The average molecular weight is 278 g/mol. The third-order valence-corrected chi connectivity index (χ3v) is 4.18. The van der Waals surface area contributed by atoms with Gasteiger partial charge >= 0.3 is 5.97 Å². The lowest BCUT2D eigenvalue weighted by molar-refractivity contribution is -0.148. The highest BCUT2D eigenvalue weighted by Gasteiger charge is 2.49. The van der Waals surface area contributed by atoms with Crippen LogP contribution in [0.4, 0.5) is 0 Å². The van der Waals surface area contributed by atoms with Gasteiger partial charge < -0.3 is 14.6 Å². The summed E-state index contributed by atoms with van der Waals surface area (Å²) in [6, 6.07) is 3.60. The number of aromatic nitrogens is 1. The van der Waals surface area contributed by atoms with Gasteiger partial charge in [0, 0.05) is 19.3 Å². The minimum Gasteiger partial charge on any atom is -0.479 e. The fraction of sp³-hybridized carbons (Fsp3) is 0.600. The van der Waals surface area contributed by atoms with Gasteiger partial charge in [-0.25, -0.2) is 4.79 Å². The van der Waals surface area contributed by atoms with Crippen LogP contribution < -0.4 is 0 Å². The Balaban J connectivity index is 2.35. The Morgan fingerprint density at radius 1 is 1.40 bits per heavy atom. The Morgan fingerprint density at radius 2 is 2.15 bits per heavy atom. The van der Waals surface area contributed by atoms with Crippen LogP contribution in [0.25, 0.3) is 0 Å². The van der Waals surface area contributed by atoms with E-state index in [-0.39, 0.29) is 5.91 Å². The second-order valence-electron chi connectivity index (χ2n) is 5.33. The molecular weight excluding hydrogens is 256 g/mol. The van der Waals surface area contributed by atoms with Gasteiger partial charge in [0.1, 0.15) is 11.2 Å². The Hall–Kier alpha value is -1.78. The summed E-state index contributed by atoms with van der Waals surface area (Å²) in [5, 5.41) is 9.64. The molecule has 1 amide bonds. The minimum absolute atomic E-state index is 0.162. The molecule has 1 fully saturated rings. The van der Waals surface area contributed by atoms with E-state index >= 15 is 0 Å². The van der Waals surface area contributed by atoms with E-state index in [1.807, 2.05) is 30.7 Å². The van der Waals surface area contributed by atoms with E-state index in [4.69, 9.17) is 0 Å². The van der Waals surface area contributed by atoms with Crippen molar-refractivity contribution < 1.29 is 14.7 Å². The largest absolute Gasteiger partial charge is 0.479 e. The summed E-state index contributed by atoms with van der Waals surface area (Å²) in [6.07, 6.45) is 4.43. The number of hydrogen-bond donors (Lipinski definition) is 1. The number of carboxylic acid groups (broad SMARTS) is 1. The Morgan fingerprint density at radius 3 is 2.75 bits per heavy atom. The van der Waals surface area contributed by atoms with Crippen LogP contribution in [0.15, 0.2) is 18.3 Å². The van der Waals surface area contributed by atoms with E-state index in [0.29, 0.717) is 31.6 Å². The monoisotopic (exact) mass is 278 g/mol. The van der Waals surface area contributed by atoms with Crippen molar-refractivity contribution in [1.82, 2.24) is 9.47 Å². The van der Waals surface area contributed by atoms with E-state index in [2.05, 4.69) is 0 Å². The van der Waals surface area contributed by atoms with E-state index < -0.39 is 11.5 Å². The van der Waals surface area contributed by atoms with Gasteiger partial charge in [0.05, 0.1) is 0 Å².